The Morgan fingerprint density at radius 1 is 0.917 bits per heavy atom. The first-order valence-electron chi connectivity index (χ1n) is 12.1. The first-order chi connectivity index (χ1) is 17.6. The molecular formula is C29H30N4O3. The Bertz CT molecular complexity index is 1320. The van der Waals surface area contributed by atoms with Gasteiger partial charge in [0, 0.05) is 53.8 Å². The van der Waals surface area contributed by atoms with Crippen molar-refractivity contribution < 1.29 is 14.6 Å². The summed E-state index contributed by atoms with van der Waals surface area (Å²) in [4.78, 5) is 16.3. The molecule has 0 amide bonds. The summed E-state index contributed by atoms with van der Waals surface area (Å²) in [5.74, 6) is 2.76. The molecule has 0 radical (unpaired) electrons. The van der Waals surface area contributed by atoms with Crippen LogP contribution in [0.2, 0.25) is 0 Å². The van der Waals surface area contributed by atoms with Crippen molar-refractivity contribution in [3.8, 4) is 39.8 Å². The van der Waals surface area contributed by atoms with Gasteiger partial charge in [-0.3, -0.25) is 9.88 Å². The minimum absolute atomic E-state index is 0.273. The Kier molecular flexibility index (Phi) is 7.09. The van der Waals surface area contributed by atoms with Crippen molar-refractivity contribution >= 4 is 0 Å². The molecule has 5 rings (SSSR count). The molecule has 1 aliphatic rings. The molecule has 4 aromatic rings. The third kappa shape index (κ3) is 5.16. The Hall–Kier alpha value is -3.97. The van der Waals surface area contributed by atoms with Gasteiger partial charge in [0.15, 0.2) is 5.82 Å². The van der Waals surface area contributed by atoms with Crippen molar-refractivity contribution in [1.82, 2.24) is 19.9 Å². The maximum Gasteiger partial charge on any atom is 0.159 e. The summed E-state index contributed by atoms with van der Waals surface area (Å²) in [6.45, 7) is 2.54. The van der Waals surface area contributed by atoms with E-state index in [1.807, 2.05) is 48.7 Å². The predicted molar refractivity (Wildman–Crippen MR) is 139 cm³/mol. The normalized spacial score (nSPS) is 14.5. The monoisotopic (exact) mass is 482 g/mol. The van der Waals surface area contributed by atoms with E-state index >= 15 is 0 Å². The number of nitrogens with zero attached hydrogens (tertiary/aromatic N) is 4. The van der Waals surface area contributed by atoms with Gasteiger partial charge in [-0.05, 0) is 61.8 Å². The molecule has 1 saturated heterocycles. The van der Waals surface area contributed by atoms with Gasteiger partial charge in [0.1, 0.15) is 17.2 Å². The van der Waals surface area contributed by atoms with E-state index in [0.717, 1.165) is 59.6 Å². The summed E-state index contributed by atoms with van der Waals surface area (Å²) < 4.78 is 10.7. The smallest absolute Gasteiger partial charge is 0.159 e. The molecule has 0 bridgehead atoms. The average molecular weight is 483 g/mol. The van der Waals surface area contributed by atoms with Gasteiger partial charge < -0.3 is 14.6 Å². The first kappa shape index (κ1) is 23.8. The highest BCUT2D eigenvalue weighted by molar-refractivity contribution is 5.69. The van der Waals surface area contributed by atoms with Crippen molar-refractivity contribution in [2.75, 3.05) is 27.3 Å². The minimum Gasteiger partial charge on any atom is -0.507 e. The van der Waals surface area contributed by atoms with Gasteiger partial charge in [-0.25, -0.2) is 9.97 Å². The van der Waals surface area contributed by atoms with Crippen LogP contribution in [0.3, 0.4) is 0 Å². The van der Waals surface area contributed by atoms with Gasteiger partial charge in [-0.1, -0.05) is 18.2 Å². The lowest BCUT2D eigenvalue weighted by Gasteiger charge is -2.32. The average Bonchev–Trinajstić information content (AvgIpc) is 2.94. The standard InChI is InChI=1S/C29H30N4O3/c1-35-24-5-3-4-22(16-24)26-18-31-29(21-8-12-30-13-9-21)32-28(26)20-10-14-33(15-11-20)19-23-6-7-25(36-2)17-27(23)34/h3-9,12-13,16-18,20,34H,10-11,14-15,19H2,1-2H3. The van der Waals surface area contributed by atoms with Crippen molar-refractivity contribution in [1.29, 1.82) is 0 Å². The van der Waals surface area contributed by atoms with E-state index in [4.69, 9.17) is 19.4 Å². The van der Waals surface area contributed by atoms with Crippen molar-refractivity contribution in [3.63, 3.8) is 0 Å². The van der Waals surface area contributed by atoms with Gasteiger partial charge in [0.05, 0.1) is 19.9 Å². The highest BCUT2D eigenvalue weighted by Crippen LogP contribution is 2.36. The van der Waals surface area contributed by atoms with Crippen LogP contribution in [0, 0.1) is 0 Å². The zero-order valence-electron chi connectivity index (χ0n) is 20.6. The largest absolute Gasteiger partial charge is 0.507 e. The fraction of sp³-hybridized carbons (Fsp3) is 0.276. The van der Waals surface area contributed by atoms with Crippen LogP contribution in [0.1, 0.15) is 30.0 Å². The molecule has 2 aromatic heterocycles. The number of benzene rings is 2. The first-order valence-corrected chi connectivity index (χ1v) is 12.1. The van der Waals surface area contributed by atoms with Gasteiger partial charge in [-0.15, -0.1) is 0 Å². The summed E-state index contributed by atoms with van der Waals surface area (Å²) in [6.07, 6.45) is 7.42. The summed E-state index contributed by atoms with van der Waals surface area (Å²) in [5, 5.41) is 10.4. The third-order valence-electron chi connectivity index (χ3n) is 6.80. The third-order valence-corrected chi connectivity index (χ3v) is 6.80. The van der Waals surface area contributed by atoms with Crippen LogP contribution in [0.15, 0.2) is 73.2 Å². The topological polar surface area (TPSA) is 80.6 Å². The molecular weight excluding hydrogens is 452 g/mol. The van der Waals surface area contributed by atoms with Crippen molar-refractivity contribution in [2.45, 2.75) is 25.3 Å². The lowest BCUT2D eigenvalue weighted by Crippen LogP contribution is -2.33. The van der Waals surface area contributed by atoms with E-state index < -0.39 is 0 Å². The van der Waals surface area contributed by atoms with Crippen LogP contribution in [-0.2, 0) is 6.54 Å². The number of phenols is 1. The molecule has 7 heteroatoms. The lowest BCUT2D eigenvalue weighted by atomic mass is 9.88. The maximum atomic E-state index is 10.4. The number of pyridine rings is 1. The summed E-state index contributed by atoms with van der Waals surface area (Å²) >= 11 is 0. The molecule has 0 unspecified atom stereocenters. The number of ether oxygens (including phenoxy) is 2. The molecule has 1 N–H and O–H groups in total. The second-order valence-corrected chi connectivity index (χ2v) is 9.01. The van der Waals surface area contributed by atoms with Crippen LogP contribution < -0.4 is 9.47 Å². The quantitative estimate of drug-likeness (QED) is 0.382. The van der Waals surface area contributed by atoms with Gasteiger partial charge in [0.2, 0.25) is 0 Å². The Morgan fingerprint density at radius 2 is 1.67 bits per heavy atom. The van der Waals surface area contributed by atoms with Crippen LogP contribution >= 0.6 is 0 Å². The van der Waals surface area contributed by atoms with E-state index in [-0.39, 0.29) is 5.75 Å². The molecule has 3 heterocycles. The molecule has 0 spiro atoms. The predicted octanol–water partition coefficient (Wildman–Crippen LogP) is 5.31. The molecule has 0 aliphatic carbocycles. The SMILES string of the molecule is COc1cccc(-c2cnc(-c3ccncc3)nc2C2CCN(Cc3ccc(OC)cc3O)CC2)c1. The molecule has 1 fully saturated rings. The van der Waals surface area contributed by atoms with Crippen LogP contribution in [0.4, 0.5) is 0 Å². The second kappa shape index (κ2) is 10.7. The number of methoxy groups -OCH3 is 2. The molecule has 0 saturated carbocycles. The van der Waals surface area contributed by atoms with E-state index in [0.29, 0.717) is 24.0 Å². The Labute approximate surface area is 211 Å². The maximum absolute atomic E-state index is 10.4. The highest BCUT2D eigenvalue weighted by Gasteiger charge is 2.26. The number of phenolic OH excluding ortho intramolecular Hbond substituents is 1. The number of piperidine rings is 1. The van der Waals surface area contributed by atoms with Gasteiger partial charge in [0.25, 0.3) is 0 Å². The fourth-order valence-corrected chi connectivity index (χ4v) is 4.77. The number of aromatic nitrogens is 3. The lowest BCUT2D eigenvalue weighted by molar-refractivity contribution is 0.201. The minimum atomic E-state index is 0.273. The van der Waals surface area contributed by atoms with Gasteiger partial charge in [-0.2, -0.15) is 0 Å². The highest BCUT2D eigenvalue weighted by atomic mass is 16.5. The number of rotatable bonds is 7. The number of likely N-dealkylation sites (tertiary alicyclic amines) is 1. The zero-order chi connectivity index (χ0) is 24.9. The Morgan fingerprint density at radius 3 is 2.39 bits per heavy atom. The number of hydrogen-bond donors (Lipinski definition) is 1. The van der Waals surface area contributed by atoms with E-state index in [1.54, 1.807) is 32.7 Å². The van der Waals surface area contributed by atoms with Crippen LogP contribution in [0.5, 0.6) is 17.2 Å². The molecule has 2 aromatic carbocycles. The van der Waals surface area contributed by atoms with E-state index in [2.05, 4.69) is 16.0 Å². The summed E-state index contributed by atoms with van der Waals surface area (Å²) in [5.41, 5.74) is 5.02. The Balaban J connectivity index is 1.40. The molecule has 1 aliphatic heterocycles. The van der Waals surface area contributed by atoms with Crippen molar-refractivity contribution in [2.24, 2.45) is 0 Å². The number of hydrogen-bond acceptors (Lipinski definition) is 7. The van der Waals surface area contributed by atoms with E-state index in [1.165, 1.54) is 0 Å². The summed E-state index contributed by atoms with van der Waals surface area (Å²) in [7, 11) is 3.28. The second-order valence-electron chi connectivity index (χ2n) is 9.01. The zero-order valence-corrected chi connectivity index (χ0v) is 20.6. The molecule has 36 heavy (non-hydrogen) atoms. The summed E-state index contributed by atoms with van der Waals surface area (Å²) in [6, 6.07) is 17.4. The molecule has 184 valence electrons. The fourth-order valence-electron chi connectivity index (χ4n) is 4.77. The van der Waals surface area contributed by atoms with Crippen LogP contribution in [0.25, 0.3) is 22.5 Å². The van der Waals surface area contributed by atoms with E-state index in [9.17, 15) is 5.11 Å². The van der Waals surface area contributed by atoms with Crippen LogP contribution in [-0.4, -0.2) is 52.3 Å². The van der Waals surface area contributed by atoms with Crippen molar-refractivity contribution in [3.05, 3.63) is 84.4 Å². The van der Waals surface area contributed by atoms with Gasteiger partial charge >= 0.3 is 0 Å². The number of aromatic hydroxyl groups is 1. The molecule has 0 atom stereocenters. The molecule has 7 nitrogen and oxygen atoms in total.